The Bertz CT molecular complexity index is 6.85. The maximum absolute atomic E-state index is 0. The van der Waals surface area contributed by atoms with Crippen molar-refractivity contribution >= 4 is 8.41 Å². The van der Waals surface area contributed by atoms with Crippen LogP contribution in [-0.4, -0.2) is 8.41 Å². The molecule has 0 aromatic carbocycles. The summed E-state index contributed by atoms with van der Waals surface area (Å²) in [6.07, 6.45) is 0. The van der Waals surface area contributed by atoms with Crippen molar-refractivity contribution < 1.29 is 21.1 Å². The van der Waals surface area contributed by atoms with E-state index < -0.39 is 0 Å². The van der Waals surface area contributed by atoms with Gasteiger partial charge in [-0.25, -0.2) is 0 Å². The predicted molar refractivity (Wildman–Crippen MR) is 25.3 cm³/mol. The molecular weight excluding hydrogens is 231 g/mol. The summed E-state index contributed by atoms with van der Waals surface area (Å²) in [7, 11) is 0. The van der Waals surface area contributed by atoms with Gasteiger partial charge in [-0.3, -0.25) is 0 Å². The average Bonchev–Trinajstić information content (AvgIpc) is 0. The quantitative estimate of drug-likeness (QED) is 0.440. The summed E-state index contributed by atoms with van der Waals surface area (Å²) in [4.78, 5) is 0. The molecule has 0 N–H and O–H groups in total. The van der Waals surface area contributed by atoms with Crippen molar-refractivity contribution in [1.82, 2.24) is 0 Å². The van der Waals surface area contributed by atoms with E-state index in [1.54, 1.807) is 0 Å². The third-order valence-electron chi connectivity index (χ3n) is 0. The average molecular weight is 241 g/mol. The van der Waals surface area contributed by atoms with Crippen LogP contribution in [0.25, 0.3) is 0 Å². The number of hydrogen-bond acceptors (Lipinski definition) is 0. The first kappa shape index (κ1) is 229. The Kier molecular flexibility index (Phi) is 5410. The Morgan fingerprint density at radius 1 is 0.800 bits per heavy atom. The summed E-state index contributed by atoms with van der Waals surface area (Å²) in [6.45, 7) is 0. The Hall–Kier alpha value is 0.753. The van der Waals surface area contributed by atoms with Crippen LogP contribution in [-0.2, 0) is 21.1 Å². The molecule has 0 amide bonds. The predicted octanol–water partition coefficient (Wildman–Crippen LogP) is 1.15. The maximum Gasteiger partial charge on any atom is 2.00 e. The zero-order chi connectivity index (χ0) is 0. The molecule has 31 valence electrons. The Labute approximate surface area is 52.2 Å². The molecule has 0 saturated carbocycles. The van der Waals surface area contributed by atoms with Crippen LogP contribution < -0.4 is 0 Å². The molecule has 0 unspecified atom stereocenters. The van der Waals surface area contributed by atoms with Crippen molar-refractivity contribution in [3.05, 3.63) is 14.9 Å². The summed E-state index contributed by atoms with van der Waals surface area (Å²) in [6, 6.07) is 0. The van der Waals surface area contributed by atoms with E-state index >= 15 is 0 Å². The van der Waals surface area contributed by atoms with E-state index in [2.05, 4.69) is 0 Å². The molecule has 0 atom stereocenters. The minimum absolute atomic E-state index is 0. The van der Waals surface area contributed by atoms with E-state index in [1.807, 2.05) is 0 Å². The van der Waals surface area contributed by atoms with Crippen LogP contribution in [0.15, 0.2) is 0 Å². The van der Waals surface area contributed by atoms with E-state index in [1.165, 1.54) is 0 Å². The minimum Gasteiger partial charge on any atom is -0.358 e. The molecule has 0 aromatic heterocycles. The van der Waals surface area contributed by atoms with Gasteiger partial charge in [0.1, 0.15) is 0 Å². The van der Waals surface area contributed by atoms with Crippen molar-refractivity contribution in [2.24, 2.45) is 0 Å². The molecule has 0 aliphatic carbocycles. The van der Waals surface area contributed by atoms with Crippen LogP contribution in [0.3, 0.4) is 0 Å². The van der Waals surface area contributed by atoms with E-state index in [9.17, 15) is 0 Å². The van der Waals surface area contributed by atoms with Gasteiger partial charge in [0.2, 0.25) is 0 Å². The second kappa shape index (κ2) is 118. The second-order valence-electron chi connectivity index (χ2n) is 0. The van der Waals surface area contributed by atoms with Gasteiger partial charge in [-0.05, 0) is 0 Å². The smallest absolute Gasteiger partial charge is 0.358 e. The Morgan fingerprint density at radius 2 is 0.800 bits per heavy atom. The molecule has 0 rings (SSSR count). The molecule has 5 heavy (non-hydrogen) atoms. The molecule has 0 saturated heterocycles. The Balaban J connectivity index is 0. The van der Waals surface area contributed by atoms with Gasteiger partial charge in [-0.1, -0.05) is 7.43 Å². The molecule has 0 aliphatic heterocycles. The van der Waals surface area contributed by atoms with Crippen LogP contribution >= 0.6 is 0 Å². The Morgan fingerprint density at radius 3 is 0.800 bits per heavy atom. The van der Waals surface area contributed by atoms with Gasteiger partial charge in [0, 0.05) is 8.41 Å². The van der Waals surface area contributed by atoms with E-state index in [4.69, 9.17) is 0 Å². The van der Waals surface area contributed by atoms with Gasteiger partial charge < -0.3 is 14.9 Å². The normalized spacial score (nSPS) is 0. The maximum atomic E-state index is 0. The molecule has 0 fully saturated rings. The first-order valence-corrected chi connectivity index (χ1v) is 0. The van der Waals surface area contributed by atoms with Crippen LogP contribution in [0.4, 0.5) is 0 Å². The molecule has 2 heteroatoms. The largest absolute Gasteiger partial charge is 2.00 e. The van der Waals surface area contributed by atoms with Crippen molar-refractivity contribution in [3.8, 4) is 0 Å². The summed E-state index contributed by atoms with van der Waals surface area (Å²) in [5.41, 5.74) is 0. The topological polar surface area (TPSA) is 0 Å². The third kappa shape index (κ3) is 63.5. The summed E-state index contributed by atoms with van der Waals surface area (Å²) < 4.78 is 0. The first-order chi connectivity index (χ1) is 0. The van der Waals surface area contributed by atoms with Crippen LogP contribution in [0.2, 0.25) is 0 Å². The molecule has 0 heterocycles. The fraction of sp³-hybridized carbons (Fsp3) is 0.333. The molecule has 0 aromatic rings. The van der Waals surface area contributed by atoms with Crippen molar-refractivity contribution in [3.63, 3.8) is 0 Å². The van der Waals surface area contributed by atoms with Gasteiger partial charge in [0.15, 0.2) is 0 Å². The third-order valence-corrected chi connectivity index (χ3v) is 0. The second-order valence-corrected chi connectivity index (χ2v) is 0. The van der Waals surface area contributed by atoms with E-state index in [0.717, 1.165) is 0 Å². The fourth-order valence-electron chi connectivity index (χ4n) is 0. The van der Waals surface area contributed by atoms with Gasteiger partial charge in [0.25, 0.3) is 0 Å². The van der Waals surface area contributed by atoms with Crippen LogP contribution in [0.5, 0.6) is 0 Å². The molecule has 0 nitrogen and oxygen atoms in total. The van der Waals surface area contributed by atoms with Crippen molar-refractivity contribution in [2.45, 2.75) is 7.43 Å². The fourth-order valence-corrected chi connectivity index (χ4v) is 0. The molecule has 3 radical (unpaired) electrons. The van der Waals surface area contributed by atoms with Gasteiger partial charge in [0.05, 0.1) is 0 Å². The minimum atomic E-state index is 0. The van der Waals surface area contributed by atoms with E-state index in [0.29, 0.717) is 0 Å². The molecule has 0 aliphatic rings. The summed E-state index contributed by atoms with van der Waals surface area (Å²) >= 11 is 0. The summed E-state index contributed by atoms with van der Waals surface area (Å²) in [5, 5.41) is 0. The monoisotopic (exact) mass is 241 g/mol. The number of hydrogen-bond donors (Lipinski definition) is 0. The summed E-state index contributed by atoms with van der Waals surface area (Å²) in [5.74, 6) is 0. The van der Waals surface area contributed by atoms with Gasteiger partial charge in [-0.2, -0.15) is 0 Å². The number of rotatable bonds is 0. The van der Waals surface area contributed by atoms with Crippen LogP contribution in [0, 0.1) is 14.9 Å². The van der Waals surface area contributed by atoms with Crippen molar-refractivity contribution in [1.29, 1.82) is 0 Å². The molecule has 0 bridgehead atoms. The van der Waals surface area contributed by atoms with Crippen molar-refractivity contribution in [2.75, 3.05) is 0 Å². The zero-order valence-corrected chi connectivity index (χ0v) is 5.92. The molecule has 0 spiro atoms. The zero-order valence-electron chi connectivity index (χ0n) is 2.99. The van der Waals surface area contributed by atoms with E-state index in [-0.39, 0.29) is 51.8 Å². The van der Waals surface area contributed by atoms with Gasteiger partial charge in [-0.15, -0.1) is 0 Å². The van der Waals surface area contributed by atoms with Crippen LogP contribution in [0.1, 0.15) is 7.43 Å². The SMILES string of the molecule is C.[B].[CH3-].[CH3-].[W+2]. The van der Waals surface area contributed by atoms with Gasteiger partial charge >= 0.3 is 21.1 Å². The molecular formula is C3H10BW. The first-order valence-electron chi connectivity index (χ1n) is 0. The standard InChI is InChI=1S/CH4.2CH3.B.W/h1H4;2*1H3;;/q;2*-1;;+2.